The lowest BCUT2D eigenvalue weighted by Crippen LogP contribution is -2.31. The number of carbonyl (C=O) groups is 1. The molecule has 0 saturated heterocycles. The molecule has 2 heterocycles. The number of thioether (sulfide) groups is 1. The third-order valence-electron chi connectivity index (χ3n) is 4.25. The van der Waals surface area contributed by atoms with Crippen molar-refractivity contribution in [2.45, 2.75) is 24.8 Å². The Kier molecular flexibility index (Phi) is 3.98. The normalized spacial score (nSPS) is 14.5. The molecule has 5 nitrogen and oxygen atoms in total. The van der Waals surface area contributed by atoms with Crippen molar-refractivity contribution in [2.24, 2.45) is 0 Å². The predicted octanol–water partition coefficient (Wildman–Crippen LogP) is 3.59. The zero-order valence-electron chi connectivity index (χ0n) is 13.5. The van der Waals surface area contributed by atoms with Crippen LogP contribution in [0.15, 0.2) is 47.4 Å². The van der Waals surface area contributed by atoms with Gasteiger partial charge in [0.1, 0.15) is 5.52 Å². The van der Waals surface area contributed by atoms with E-state index in [1.54, 1.807) is 0 Å². The summed E-state index contributed by atoms with van der Waals surface area (Å²) in [7, 11) is 0. The van der Waals surface area contributed by atoms with E-state index in [0.717, 1.165) is 42.0 Å². The van der Waals surface area contributed by atoms with Crippen molar-refractivity contribution < 1.29 is 4.79 Å². The Morgan fingerprint density at radius 1 is 1.25 bits per heavy atom. The van der Waals surface area contributed by atoms with Gasteiger partial charge in [-0.2, -0.15) is 0 Å². The van der Waals surface area contributed by atoms with Crippen LogP contribution in [0.1, 0.15) is 23.7 Å². The zero-order chi connectivity index (χ0) is 16.5. The SMILES string of the molecule is CCn1nnc2cc(C(=O)N3CCCSc4ccccc43)ccc21. The number of amides is 1. The first-order valence-corrected chi connectivity index (χ1v) is 9.13. The van der Waals surface area contributed by atoms with Crippen molar-refractivity contribution in [3.8, 4) is 0 Å². The topological polar surface area (TPSA) is 51.0 Å². The molecule has 1 aliphatic rings. The molecule has 122 valence electrons. The molecule has 4 rings (SSSR count). The average molecular weight is 338 g/mol. The standard InChI is InChI=1S/C18H18N4OS/c1-2-22-15-9-8-13(12-14(15)19-20-22)18(23)21-10-5-11-24-17-7-4-3-6-16(17)21/h3-4,6-9,12H,2,5,10-11H2,1H3. The third kappa shape index (κ3) is 2.57. The zero-order valence-corrected chi connectivity index (χ0v) is 14.3. The van der Waals surface area contributed by atoms with Gasteiger partial charge in [0, 0.05) is 23.5 Å². The third-order valence-corrected chi connectivity index (χ3v) is 5.39. The minimum absolute atomic E-state index is 0.0258. The summed E-state index contributed by atoms with van der Waals surface area (Å²) in [6.07, 6.45) is 0.985. The van der Waals surface area contributed by atoms with Gasteiger partial charge in [0.15, 0.2) is 0 Å². The van der Waals surface area contributed by atoms with E-state index in [-0.39, 0.29) is 5.91 Å². The van der Waals surface area contributed by atoms with E-state index in [0.29, 0.717) is 5.56 Å². The van der Waals surface area contributed by atoms with E-state index in [9.17, 15) is 4.79 Å². The number of aryl methyl sites for hydroxylation is 1. The molecule has 0 aliphatic carbocycles. The first kappa shape index (κ1) is 15.2. The van der Waals surface area contributed by atoms with Crippen LogP contribution in [0.25, 0.3) is 11.0 Å². The number of aromatic nitrogens is 3. The Morgan fingerprint density at radius 3 is 3.00 bits per heavy atom. The molecule has 0 radical (unpaired) electrons. The van der Waals surface area contributed by atoms with Gasteiger partial charge < -0.3 is 4.90 Å². The highest BCUT2D eigenvalue weighted by molar-refractivity contribution is 7.99. The van der Waals surface area contributed by atoms with Crippen LogP contribution in [-0.2, 0) is 6.54 Å². The molecule has 0 fully saturated rings. The lowest BCUT2D eigenvalue weighted by atomic mass is 10.1. The molecule has 0 N–H and O–H groups in total. The quantitative estimate of drug-likeness (QED) is 0.716. The lowest BCUT2D eigenvalue weighted by molar-refractivity contribution is 0.0987. The molecular weight excluding hydrogens is 320 g/mol. The van der Waals surface area contributed by atoms with Gasteiger partial charge >= 0.3 is 0 Å². The van der Waals surface area contributed by atoms with E-state index in [1.807, 2.05) is 64.7 Å². The maximum atomic E-state index is 13.1. The Morgan fingerprint density at radius 2 is 2.12 bits per heavy atom. The summed E-state index contributed by atoms with van der Waals surface area (Å²) in [6.45, 7) is 3.53. The van der Waals surface area contributed by atoms with Crippen LogP contribution < -0.4 is 4.90 Å². The van der Waals surface area contributed by atoms with Gasteiger partial charge in [-0.25, -0.2) is 4.68 Å². The van der Waals surface area contributed by atoms with E-state index in [2.05, 4.69) is 16.4 Å². The summed E-state index contributed by atoms with van der Waals surface area (Å²) < 4.78 is 1.83. The van der Waals surface area contributed by atoms with Crippen LogP contribution in [0.4, 0.5) is 5.69 Å². The first-order chi connectivity index (χ1) is 11.8. The number of hydrogen-bond acceptors (Lipinski definition) is 4. The van der Waals surface area contributed by atoms with Gasteiger partial charge in [-0.05, 0) is 49.4 Å². The van der Waals surface area contributed by atoms with Crippen molar-refractivity contribution in [1.82, 2.24) is 15.0 Å². The lowest BCUT2D eigenvalue weighted by Gasteiger charge is -2.22. The van der Waals surface area contributed by atoms with E-state index >= 15 is 0 Å². The number of nitrogens with zero attached hydrogens (tertiary/aromatic N) is 4. The number of carbonyl (C=O) groups excluding carboxylic acids is 1. The average Bonchev–Trinajstić information content (AvgIpc) is 2.91. The molecule has 0 spiro atoms. The Hall–Kier alpha value is -2.34. The van der Waals surface area contributed by atoms with E-state index < -0.39 is 0 Å². The maximum Gasteiger partial charge on any atom is 0.258 e. The molecule has 1 aromatic heterocycles. The fourth-order valence-corrected chi connectivity index (χ4v) is 4.03. The van der Waals surface area contributed by atoms with Crippen LogP contribution in [0.3, 0.4) is 0 Å². The molecule has 1 aliphatic heterocycles. The highest BCUT2D eigenvalue weighted by Crippen LogP contribution is 2.34. The second kappa shape index (κ2) is 6.28. The highest BCUT2D eigenvalue weighted by atomic mass is 32.2. The van der Waals surface area contributed by atoms with Gasteiger partial charge in [0.2, 0.25) is 0 Å². The number of hydrogen-bond donors (Lipinski definition) is 0. The second-order valence-corrected chi connectivity index (χ2v) is 6.87. The van der Waals surface area contributed by atoms with E-state index in [4.69, 9.17) is 0 Å². The number of fused-ring (bicyclic) bond motifs is 2. The summed E-state index contributed by atoms with van der Waals surface area (Å²) >= 11 is 1.82. The molecule has 0 unspecified atom stereocenters. The van der Waals surface area contributed by atoms with Crippen LogP contribution in [0.2, 0.25) is 0 Å². The fraction of sp³-hybridized carbons (Fsp3) is 0.278. The van der Waals surface area contributed by atoms with Crippen molar-refractivity contribution in [2.75, 3.05) is 17.2 Å². The number of anilines is 1. The van der Waals surface area contributed by atoms with Gasteiger partial charge in [-0.3, -0.25) is 4.79 Å². The molecule has 6 heteroatoms. The fourth-order valence-electron chi connectivity index (χ4n) is 3.03. The van der Waals surface area contributed by atoms with Gasteiger partial charge in [0.05, 0.1) is 11.2 Å². The molecule has 0 bridgehead atoms. The largest absolute Gasteiger partial charge is 0.307 e. The number of benzene rings is 2. The highest BCUT2D eigenvalue weighted by Gasteiger charge is 2.23. The van der Waals surface area contributed by atoms with Gasteiger partial charge in [-0.15, -0.1) is 16.9 Å². The predicted molar refractivity (Wildman–Crippen MR) is 96.7 cm³/mol. The maximum absolute atomic E-state index is 13.1. The molecule has 0 atom stereocenters. The number of para-hydroxylation sites is 1. The summed E-state index contributed by atoms with van der Waals surface area (Å²) in [5.41, 5.74) is 3.38. The Labute approximate surface area is 144 Å². The minimum Gasteiger partial charge on any atom is -0.307 e. The number of rotatable bonds is 2. The van der Waals surface area contributed by atoms with Crippen molar-refractivity contribution in [3.63, 3.8) is 0 Å². The van der Waals surface area contributed by atoms with Crippen LogP contribution in [0, 0.1) is 0 Å². The van der Waals surface area contributed by atoms with Gasteiger partial charge in [0.25, 0.3) is 5.91 Å². The molecular formula is C18H18N4OS. The monoisotopic (exact) mass is 338 g/mol. The molecule has 3 aromatic rings. The second-order valence-electron chi connectivity index (χ2n) is 5.74. The minimum atomic E-state index is 0.0258. The summed E-state index contributed by atoms with van der Waals surface area (Å²) in [4.78, 5) is 16.2. The van der Waals surface area contributed by atoms with Crippen molar-refractivity contribution in [1.29, 1.82) is 0 Å². The van der Waals surface area contributed by atoms with Crippen molar-refractivity contribution >= 4 is 34.4 Å². The summed E-state index contributed by atoms with van der Waals surface area (Å²) in [5, 5.41) is 8.29. The smallest absolute Gasteiger partial charge is 0.258 e. The van der Waals surface area contributed by atoms with Crippen LogP contribution >= 0.6 is 11.8 Å². The summed E-state index contributed by atoms with van der Waals surface area (Å²) in [6, 6.07) is 13.8. The molecule has 2 aromatic carbocycles. The summed E-state index contributed by atoms with van der Waals surface area (Å²) in [5.74, 6) is 1.06. The van der Waals surface area contributed by atoms with Crippen LogP contribution in [0.5, 0.6) is 0 Å². The molecule has 24 heavy (non-hydrogen) atoms. The Balaban J connectivity index is 1.73. The van der Waals surface area contributed by atoms with Gasteiger partial charge in [-0.1, -0.05) is 17.3 Å². The molecule has 0 saturated carbocycles. The molecule has 1 amide bonds. The van der Waals surface area contributed by atoms with Crippen molar-refractivity contribution in [3.05, 3.63) is 48.0 Å². The first-order valence-electron chi connectivity index (χ1n) is 8.15. The van der Waals surface area contributed by atoms with E-state index in [1.165, 1.54) is 4.90 Å². The van der Waals surface area contributed by atoms with Crippen LogP contribution in [-0.4, -0.2) is 33.2 Å². The Bertz CT molecular complexity index is 905.